The number of benzene rings is 1. The molecule has 19 heavy (non-hydrogen) atoms. The number of hydrazone groups is 1. The molecule has 1 aromatic carbocycles. The lowest BCUT2D eigenvalue weighted by Crippen LogP contribution is -2.18. The van der Waals surface area contributed by atoms with Gasteiger partial charge in [-0.15, -0.1) is 10.2 Å². The molecule has 0 atom stereocenters. The van der Waals surface area contributed by atoms with Crippen LogP contribution < -0.4 is 10.2 Å². The average molecular weight is 280 g/mol. The van der Waals surface area contributed by atoms with E-state index in [2.05, 4.69) is 25.9 Å². The molecule has 0 saturated heterocycles. The first-order valence-corrected chi connectivity index (χ1v) is 5.62. The number of carbonyl (C=O) groups excluding carboxylic acids is 1. The smallest absolute Gasteiger partial charge is 0.295 e. The maximum Gasteiger partial charge on any atom is 0.295 e. The fourth-order valence-corrected chi connectivity index (χ4v) is 1.44. The molecule has 0 bridgehead atoms. The van der Waals surface area contributed by atoms with E-state index in [1.165, 1.54) is 6.21 Å². The van der Waals surface area contributed by atoms with Gasteiger partial charge in [-0.3, -0.25) is 4.79 Å². The van der Waals surface area contributed by atoms with Gasteiger partial charge in [-0.05, 0) is 29.8 Å². The number of H-pyrrole nitrogens is 1. The van der Waals surface area contributed by atoms with E-state index in [-0.39, 0.29) is 10.8 Å². The number of methoxy groups -OCH3 is 1. The van der Waals surface area contributed by atoms with Crippen LogP contribution in [0.1, 0.15) is 16.1 Å². The molecule has 0 radical (unpaired) electrons. The Hall–Kier alpha value is -2.41. The van der Waals surface area contributed by atoms with Crippen LogP contribution in [0.5, 0.6) is 5.75 Å². The van der Waals surface area contributed by atoms with Crippen LogP contribution in [0, 0.1) is 0 Å². The molecule has 0 fully saturated rings. The molecule has 0 aliphatic rings. The van der Waals surface area contributed by atoms with Crippen molar-refractivity contribution in [2.45, 2.75) is 0 Å². The number of aromatic nitrogens is 3. The van der Waals surface area contributed by atoms with Gasteiger partial charge in [0.15, 0.2) is 10.8 Å². The zero-order valence-corrected chi connectivity index (χ0v) is 10.7. The minimum absolute atomic E-state index is 0.00264. The quantitative estimate of drug-likeness (QED) is 0.650. The largest absolute Gasteiger partial charge is 0.497 e. The van der Waals surface area contributed by atoms with Gasteiger partial charge in [-0.2, -0.15) is 10.3 Å². The van der Waals surface area contributed by atoms with Crippen molar-refractivity contribution >= 4 is 23.7 Å². The highest BCUT2D eigenvalue weighted by atomic mass is 35.5. The summed E-state index contributed by atoms with van der Waals surface area (Å²) in [4.78, 5) is 11.6. The number of amides is 1. The monoisotopic (exact) mass is 279 g/mol. The number of hydrogen-bond acceptors (Lipinski definition) is 5. The van der Waals surface area contributed by atoms with E-state index in [4.69, 9.17) is 16.3 Å². The highest BCUT2D eigenvalue weighted by Gasteiger charge is 2.13. The van der Waals surface area contributed by atoms with Gasteiger partial charge in [0.25, 0.3) is 5.91 Å². The third kappa shape index (κ3) is 3.29. The maximum atomic E-state index is 11.6. The summed E-state index contributed by atoms with van der Waals surface area (Å²) in [6.07, 6.45) is 1.49. The maximum absolute atomic E-state index is 11.6. The van der Waals surface area contributed by atoms with Gasteiger partial charge in [0, 0.05) is 0 Å². The van der Waals surface area contributed by atoms with E-state index < -0.39 is 5.91 Å². The van der Waals surface area contributed by atoms with E-state index in [0.717, 1.165) is 11.3 Å². The molecule has 1 amide bonds. The van der Waals surface area contributed by atoms with Crippen LogP contribution in [0.3, 0.4) is 0 Å². The number of hydrogen-bond donors (Lipinski definition) is 2. The Balaban J connectivity index is 1.96. The van der Waals surface area contributed by atoms with E-state index in [0.29, 0.717) is 0 Å². The number of aromatic amines is 1. The highest BCUT2D eigenvalue weighted by molar-refractivity contribution is 6.32. The Morgan fingerprint density at radius 1 is 1.42 bits per heavy atom. The van der Waals surface area contributed by atoms with Gasteiger partial charge in [-0.1, -0.05) is 11.6 Å². The third-order valence-electron chi connectivity index (χ3n) is 2.22. The van der Waals surface area contributed by atoms with Crippen molar-refractivity contribution in [3.05, 3.63) is 40.7 Å². The molecular weight excluding hydrogens is 270 g/mol. The van der Waals surface area contributed by atoms with Crippen molar-refractivity contribution in [2.75, 3.05) is 7.11 Å². The average Bonchev–Trinajstić information content (AvgIpc) is 2.86. The first-order chi connectivity index (χ1) is 9.20. The van der Waals surface area contributed by atoms with Gasteiger partial charge < -0.3 is 4.74 Å². The summed E-state index contributed by atoms with van der Waals surface area (Å²) in [6, 6.07) is 7.19. The summed E-state index contributed by atoms with van der Waals surface area (Å²) in [5, 5.41) is 13.1. The molecule has 0 spiro atoms. The molecule has 0 saturated carbocycles. The van der Waals surface area contributed by atoms with Crippen molar-refractivity contribution < 1.29 is 9.53 Å². The molecule has 0 aliphatic carbocycles. The summed E-state index contributed by atoms with van der Waals surface area (Å²) < 4.78 is 5.03. The van der Waals surface area contributed by atoms with E-state index in [1.807, 2.05) is 0 Å². The second kappa shape index (κ2) is 5.96. The SMILES string of the molecule is COc1ccc(/C=N/NC(=O)c2n[nH]nc2Cl)cc1. The van der Waals surface area contributed by atoms with Gasteiger partial charge in [0.05, 0.1) is 13.3 Å². The fourth-order valence-electron chi connectivity index (χ4n) is 1.27. The number of carbonyl (C=O) groups is 1. The molecule has 7 nitrogen and oxygen atoms in total. The summed E-state index contributed by atoms with van der Waals surface area (Å²) in [7, 11) is 1.59. The van der Waals surface area contributed by atoms with Crippen molar-refractivity contribution in [2.24, 2.45) is 5.10 Å². The van der Waals surface area contributed by atoms with Crippen molar-refractivity contribution in [3.63, 3.8) is 0 Å². The molecule has 1 aromatic heterocycles. The van der Waals surface area contributed by atoms with Crippen molar-refractivity contribution in [3.8, 4) is 5.75 Å². The number of halogens is 1. The highest BCUT2D eigenvalue weighted by Crippen LogP contribution is 2.10. The van der Waals surface area contributed by atoms with Crippen LogP contribution >= 0.6 is 11.6 Å². The number of ether oxygens (including phenoxy) is 1. The number of nitrogens with zero attached hydrogens (tertiary/aromatic N) is 3. The van der Waals surface area contributed by atoms with Crippen molar-refractivity contribution in [1.29, 1.82) is 0 Å². The predicted octanol–water partition coefficient (Wildman–Crippen LogP) is 1.23. The Kier molecular flexibility index (Phi) is 4.09. The van der Waals surface area contributed by atoms with Crippen LogP contribution in [-0.2, 0) is 0 Å². The number of rotatable bonds is 4. The Morgan fingerprint density at radius 2 is 2.16 bits per heavy atom. The molecule has 98 valence electrons. The van der Waals surface area contributed by atoms with E-state index >= 15 is 0 Å². The minimum atomic E-state index is -0.538. The van der Waals surface area contributed by atoms with Crippen LogP contribution in [0.15, 0.2) is 29.4 Å². The fraction of sp³-hybridized carbons (Fsp3) is 0.0909. The van der Waals surface area contributed by atoms with E-state index in [9.17, 15) is 4.79 Å². The zero-order valence-electron chi connectivity index (χ0n) is 9.92. The van der Waals surface area contributed by atoms with Gasteiger partial charge >= 0.3 is 0 Å². The zero-order chi connectivity index (χ0) is 13.7. The second-order valence-corrected chi connectivity index (χ2v) is 3.79. The molecule has 8 heteroatoms. The normalized spacial score (nSPS) is 10.6. The van der Waals surface area contributed by atoms with Crippen LogP contribution in [0.4, 0.5) is 0 Å². The minimum Gasteiger partial charge on any atom is -0.497 e. The molecule has 1 heterocycles. The molecule has 2 N–H and O–H groups in total. The summed E-state index contributed by atoms with van der Waals surface area (Å²) in [6.45, 7) is 0. The molecule has 0 unspecified atom stereocenters. The Labute approximate surface area is 113 Å². The first kappa shape index (κ1) is 13.0. The lowest BCUT2D eigenvalue weighted by atomic mass is 10.2. The lowest BCUT2D eigenvalue weighted by molar-refractivity contribution is 0.0950. The van der Waals surface area contributed by atoms with Gasteiger partial charge in [0.1, 0.15) is 5.75 Å². The van der Waals surface area contributed by atoms with E-state index in [1.54, 1.807) is 31.4 Å². The lowest BCUT2D eigenvalue weighted by Gasteiger charge is -1.99. The van der Waals surface area contributed by atoms with Gasteiger partial charge in [0.2, 0.25) is 0 Å². The van der Waals surface area contributed by atoms with Crippen LogP contribution in [0.25, 0.3) is 0 Å². The molecular formula is C11H10ClN5O2. The topological polar surface area (TPSA) is 92.3 Å². The van der Waals surface area contributed by atoms with Crippen molar-refractivity contribution in [1.82, 2.24) is 20.8 Å². The number of nitrogens with one attached hydrogen (secondary N) is 2. The van der Waals surface area contributed by atoms with Crippen LogP contribution in [0.2, 0.25) is 5.15 Å². The molecule has 2 aromatic rings. The summed E-state index contributed by atoms with van der Waals surface area (Å²) in [5.74, 6) is 0.207. The Bertz CT molecular complexity index is 593. The Morgan fingerprint density at radius 3 is 2.74 bits per heavy atom. The van der Waals surface area contributed by atoms with Crippen LogP contribution in [-0.4, -0.2) is 34.6 Å². The molecule has 0 aliphatic heterocycles. The van der Waals surface area contributed by atoms with Gasteiger partial charge in [-0.25, -0.2) is 5.43 Å². The first-order valence-electron chi connectivity index (χ1n) is 5.24. The summed E-state index contributed by atoms with van der Waals surface area (Å²) >= 11 is 5.63. The predicted molar refractivity (Wildman–Crippen MR) is 69.4 cm³/mol. The second-order valence-electron chi connectivity index (χ2n) is 3.44. The summed E-state index contributed by atoms with van der Waals surface area (Å²) in [5.41, 5.74) is 3.10. The standard InChI is InChI=1S/C11H10ClN5O2/c1-19-8-4-2-7(3-5-8)6-13-16-11(18)9-10(12)15-17-14-9/h2-6H,1H3,(H,16,18)(H,14,15,17)/b13-6+. The third-order valence-corrected chi connectivity index (χ3v) is 2.48. The molecule has 2 rings (SSSR count).